The van der Waals surface area contributed by atoms with Crippen LogP contribution in [-0.4, -0.2) is 41.8 Å². The molecule has 3 N–H and O–H groups in total. The van der Waals surface area contributed by atoms with Gasteiger partial charge in [-0.3, -0.25) is 0 Å². The predicted molar refractivity (Wildman–Crippen MR) is 128 cm³/mol. The molecule has 0 spiro atoms. The summed E-state index contributed by atoms with van der Waals surface area (Å²) in [5.74, 6) is 0.621. The van der Waals surface area contributed by atoms with E-state index in [2.05, 4.69) is 20.9 Å². The van der Waals surface area contributed by atoms with Crippen molar-refractivity contribution < 1.29 is 19.1 Å². The molecule has 1 aliphatic carbocycles. The number of pyridine rings is 1. The number of carbonyl (C=O) groups is 2. The number of amides is 1. The van der Waals surface area contributed by atoms with Gasteiger partial charge < -0.3 is 25.4 Å². The van der Waals surface area contributed by atoms with Crippen LogP contribution in [0.4, 0.5) is 16.4 Å². The van der Waals surface area contributed by atoms with Gasteiger partial charge in [0, 0.05) is 12.6 Å². The molecule has 1 aromatic carbocycles. The Morgan fingerprint density at radius 3 is 2.39 bits per heavy atom. The normalized spacial score (nSPS) is 18.2. The van der Waals surface area contributed by atoms with E-state index in [-0.39, 0.29) is 12.1 Å². The maximum atomic E-state index is 12.3. The molecule has 0 bridgehead atoms. The number of aromatic nitrogens is 1. The molecule has 1 fully saturated rings. The van der Waals surface area contributed by atoms with Crippen molar-refractivity contribution in [2.45, 2.75) is 70.7 Å². The first-order chi connectivity index (χ1) is 15.7. The molecule has 2 unspecified atom stereocenters. The molecular weight excluding hydrogens is 420 g/mol. The summed E-state index contributed by atoms with van der Waals surface area (Å²) in [5.41, 5.74) is 0.889. The number of nitrogens with zero attached hydrogens (tertiary/aromatic N) is 1. The van der Waals surface area contributed by atoms with E-state index >= 15 is 0 Å². The molecule has 1 amide bonds. The molecule has 1 saturated carbocycles. The number of benzene rings is 1. The molecule has 0 aliphatic heterocycles. The molecular formula is C25H34N4O4. The van der Waals surface area contributed by atoms with Crippen molar-refractivity contribution in [2.75, 3.05) is 17.7 Å². The molecule has 1 aliphatic rings. The van der Waals surface area contributed by atoms with Crippen LogP contribution in [-0.2, 0) is 16.0 Å². The number of ether oxygens (including phenoxy) is 2. The van der Waals surface area contributed by atoms with Crippen LogP contribution in [0.25, 0.3) is 0 Å². The van der Waals surface area contributed by atoms with Crippen LogP contribution in [0.2, 0.25) is 0 Å². The summed E-state index contributed by atoms with van der Waals surface area (Å²) < 4.78 is 10.4. The lowest BCUT2D eigenvalue weighted by molar-refractivity contribution is 0.0487. The first-order valence-electron chi connectivity index (χ1n) is 11.4. The fraction of sp³-hybridized carbons (Fsp3) is 0.480. The summed E-state index contributed by atoms with van der Waals surface area (Å²) in [5, 5.41) is 9.70. The van der Waals surface area contributed by atoms with Crippen LogP contribution in [0, 0.1) is 0 Å². The molecule has 0 saturated heterocycles. The summed E-state index contributed by atoms with van der Waals surface area (Å²) >= 11 is 0. The Bertz CT molecular complexity index is 943. The Balaban J connectivity index is 1.74. The van der Waals surface area contributed by atoms with Gasteiger partial charge in [0.1, 0.15) is 22.8 Å². The average molecular weight is 455 g/mol. The molecule has 1 aromatic heterocycles. The second kappa shape index (κ2) is 11.0. The standard InChI is InChI=1S/C25H34N4O4/c1-25(2,3)33-24(31)28-20-13-9-8-12-19(20)27-21-15-14-18(23(30)32-4)22(29-21)26-16-17-10-6-5-7-11-17/h5-7,10-11,14-15,19-20H,8-9,12-13,16H2,1-4H3,(H,28,31)(H2,26,27,29). The fourth-order valence-electron chi connectivity index (χ4n) is 3.86. The SMILES string of the molecule is COC(=O)c1ccc(NC2CCCCC2NC(=O)OC(C)(C)C)nc1NCc1ccccc1. The Labute approximate surface area is 195 Å². The molecule has 1 heterocycles. The number of rotatable bonds is 7. The lowest BCUT2D eigenvalue weighted by Crippen LogP contribution is -2.49. The summed E-state index contributed by atoms with van der Waals surface area (Å²) in [6, 6.07) is 13.3. The lowest BCUT2D eigenvalue weighted by atomic mass is 9.90. The smallest absolute Gasteiger partial charge is 0.407 e. The lowest BCUT2D eigenvalue weighted by Gasteiger charge is -2.33. The van der Waals surface area contributed by atoms with Crippen molar-refractivity contribution in [1.29, 1.82) is 0 Å². The maximum Gasteiger partial charge on any atom is 0.407 e. The summed E-state index contributed by atoms with van der Waals surface area (Å²) in [6.07, 6.45) is 3.44. The zero-order chi connectivity index (χ0) is 23.8. The maximum absolute atomic E-state index is 12.3. The van der Waals surface area contributed by atoms with Crippen molar-refractivity contribution in [3.05, 3.63) is 53.6 Å². The third-order valence-electron chi connectivity index (χ3n) is 5.40. The number of hydrogen-bond acceptors (Lipinski definition) is 7. The Morgan fingerprint density at radius 1 is 1.03 bits per heavy atom. The number of anilines is 2. The van der Waals surface area contributed by atoms with Crippen LogP contribution >= 0.6 is 0 Å². The van der Waals surface area contributed by atoms with E-state index in [0.717, 1.165) is 31.2 Å². The first-order valence-corrected chi connectivity index (χ1v) is 11.4. The Hall–Kier alpha value is -3.29. The number of hydrogen-bond donors (Lipinski definition) is 3. The van der Waals surface area contributed by atoms with E-state index in [4.69, 9.17) is 9.47 Å². The minimum absolute atomic E-state index is 0.00437. The van der Waals surface area contributed by atoms with Gasteiger partial charge >= 0.3 is 12.1 Å². The summed E-state index contributed by atoms with van der Waals surface area (Å²) in [6.45, 7) is 6.06. The molecule has 0 radical (unpaired) electrons. The monoisotopic (exact) mass is 454 g/mol. The van der Waals surface area contributed by atoms with Gasteiger partial charge in [0.25, 0.3) is 0 Å². The van der Waals surface area contributed by atoms with Crippen molar-refractivity contribution in [3.63, 3.8) is 0 Å². The van der Waals surface area contributed by atoms with Gasteiger partial charge in [-0.25, -0.2) is 14.6 Å². The van der Waals surface area contributed by atoms with E-state index in [1.54, 1.807) is 12.1 Å². The second-order valence-corrected chi connectivity index (χ2v) is 9.21. The quantitative estimate of drug-likeness (QED) is 0.520. The minimum atomic E-state index is -0.549. The van der Waals surface area contributed by atoms with Crippen LogP contribution in [0.3, 0.4) is 0 Å². The second-order valence-electron chi connectivity index (χ2n) is 9.21. The van der Waals surface area contributed by atoms with Crippen molar-refractivity contribution in [3.8, 4) is 0 Å². The van der Waals surface area contributed by atoms with E-state index in [1.165, 1.54) is 7.11 Å². The highest BCUT2D eigenvalue weighted by molar-refractivity contribution is 5.94. The first kappa shape index (κ1) is 24.4. The Kier molecular flexibility index (Phi) is 8.14. The van der Waals surface area contributed by atoms with Crippen molar-refractivity contribution in [1.82, 2.24) is 10.3 Å². The van der Waals surface area contributed by atoms with Gasteiger partial charge in [-0.15, -0.1) is 0 Å². The molecule has 178 valence electrons. The number of methoxy groups -OCH3 is 1. The number of carbonyl (C=O) groups excluding carboxylic acids is 2. The summed E-state index contributed by atoms with van der Waals surface area (Å²) in [7, 11) is 1.35. The van der Waals surface area contributed by atoms with E-state index < -0.39 is 17.7 Å². The van der Waals surface area contributed by atoms with Crippen LogP contribution in [0.1, 0.15) is 62.4 Å². The third-order valence-corrected chi connectivity index (χ3v) is 5.40. The van der Waals surface area contributed by atoms with E-state index in [1.807, 2.05) is 51.1 Å². The van der Waals surface area contributed by atoms with E-state index in [9.17, 15) is 9.59 Å². The fourth-order valence-corrected chi connectivity index (χ4v) is 3.86. The number of nitrogens with one attached hydrogen (secondary N) is 3. The van der Waals surface area contributed by atoms with Gasteiger partial charge in [0.15, 0.2) is 0 Å². The molecule has 2 aromatic rings. The molecule has 33 heavy (non-hydrogen) atoms. The highest BCUT2D eigenvalue weighted by Gasteiger charge is 2.29. The molecule has 3 rings (SSSR count). The zero-order valence-electron chi connectivity index (χ0n) is 19.8. The van der Waals surface area contributed by atoms with Crippen molar-refractivity contribution >= 4 is 23.7 Å². The number of alkyl carbamates (subject to hydrolysis) is 1. The number of esters is 1. The van der Waals surface area contributed by atoms with Crippen LogP contribution < -0.4 is 16.0 Å². The average Bonchev–Trinajstić information content (AvgIpc) is 2.78. The largest absolute Gasteiger partial charge is 0.465 e. The van der Waals surface area contributed by atoms with Crippen LogP contribution in [0.5, 0.6) is 0 Å². The summed E-state index contributed by atoms with van der Waals surface area (Å²) in [4.78, 5) is 29.2. The minimum Gasteiger partial charge on any atom is -0.465 e. The third kappa shape index (κ3) is 7.37. The zero-order valence-corrected chi connectivity index (χ0v) is 19.8. The van der Waals surface area contributed by atoms with Gasteiger partial charge in [-0.1, -0.05) is 43.2 Å². The molecule has 8 heteroatoms. The highest BCUT2D eigenvalue weighted by Crippen LogP contribution is 2.24. The van der Waals surface area contributed by atoms with Crippen LogP contribution in [0.15, 0.2) is 42.5 Å². The molecule has 2 atom stereocenters. The van der Waals surface area contributed by atoms with E-state index in [0.29, 0.717) is 23.7 Å². The highest BCUT2D eigenvalue weighted by atomic mass is 16.6. The topological polar surface area (TPSA) is 102 Å². The van der Waals surface area contributed by atoms with Gasteiger partial charge in [0.2, 0.25) is 0 Å². The van der Waals surface area contributed by atoms with Crippen molar-refractivity contribution in [2.24, 2.45) is 0 Å². The Morgan fingerprint density at radius 2 is 1.73 bits per heavy atom. The van der Waals surface area contributed by atoms with Gasteiger partial charge in [0.05, 0.1) is 13.2 Å². The molecule has 8 nitrogen and oxygen atoms in total. The van der Waals surface area contributed by atoms with Gasteiger partial charge in [-0.2, -0.15) is 0 Å². The predicted octanol–water partition coefficient (Wildman–Crippen LogP) is 4.73. The van der Waals surface area contributed by atoms with Gasteiger partial charge in [-0.05, 0) is 51.3 Å².